The number of hydrogen-bond acceptors (Lipinski definition) is 4. The molecule has 1 aromatic rings. The van der Waals surface area contributed by atoms with Crippen molar-refractivity contribution in [1.82, 2.24) is 4.98 Å². The highest BCUT2D eigenvalue weighted by molar-refractivity contribution is 9.10. The standard InChI is InChI=1S/C8H7BrFN3O2/c9-5-1-7(12-3-6(10)4-12)8(11-2-5)13(14)15/h1-2,6H,3-4H2. The summed E-state index contributed by atoms with van der Waals surface area (Å²) >= 11 is 3.18. The van der Waals surface area contributed by atoms with E-state index in [9.17, 15) is 14.5 Å². The van der Waals surface area contributed by atoms with E-state index in [0.717, 1.165) is 0 Å². The molecule has 0 aromatic carbocycles. The SMILES string of the molecule is O=[N+]([O-])c1ncc(Br)cc1N1CC(F)C1. The molecule has 1 fully saturated rings. The van der Waals surface area contributed by atoms with Crippen molar-refractivity contribution in [2.24, 2.45) is 0 Å². The molecule has 0 unspecified atom stereocenters. The van der Waals surface area contributed by atoms with E-state index in [0.29, 0.717) is 10.2 Å². The molecule has 0 N–H and O–H groups in total. The maximum absolute atomic E-state index is 12.6. The van der Waals surface area contributed by atoms with E-state index in [1.807, 2.05) is 0 Å². The predicted octanol–water partition coefficient (Wildman–Crippen LogP) is 1.91. The lowest BCUT2D eigenvalue weighted by atomic mass is 10.1. The fourth-order valence-electron chi connectivity index (χ4n) is 1.42. The summed E-state index contributed by atoms with van der Waals surface area (Å²) in [7, 11) is 0. The highest BCUT2D eigenvalue weighted by atomic mass is 79.9. The Bertz CT molecular complexity index is 409. The minimum atomic E-state index is -0.899. The lowest BCUT2D eigenvalue weighted by Crippen LogP contribution is -2.48. The van der Waals surface area contributed by atoms with Gasteiger partial charge in [0.1, 0.15) is 11.9 Å². The Morgan fingerprint density at radius 1 is 1.67 bits per heavy atom. The second-order valence-electron chi connectivity index (χ2n) is 3.26. The van der Waals surface area contributed by atoms with Gasteiger partial charge in [0.25, 0.3) is 0 Å². The summed E-state index contributed by atoms with van der Waals surface area (Å²) in [5.41, 5.74) is 0.364. The zero-order chi connectivity index (χ0) is 11.0. The monoisotopic (exact) mass is 275 g/mol. The molecule has 1 saturated heterocycles. The van der Waals surface area contributed by atoms with Crippen molar-refractivity contribution in [2.75, 3.05) is 18.0 Å². The van der Waals surface area contributed by atoms with Gasteiger partial charge in [-0.25, -0.2) is 4.39 Å². The maximum Gasteiger partial charge on any atom is 0.387 e. The van der Waals surface area contributed by atoms with Crippen molar-refractivity contribution in [3.8, 4) is 0 Å². The van der Waals surface area contributed by atoms with Crippen molar-refractivity contribution in [2.45, 2.75) is 6.17 Å². The maximum atomic E-state index is 12.6. The first-order valence-electron chi connectivity index (χ1n) is 4.27. The van der Waals surface area contributed by atoms with Crippen molar-refractivity contribution >= 4 is 27.4 Å². The van der Waals surface area contributed by atoms with Crippen molar-refractivity contribution in [3.63, 3.8) is 0 Å². The van der Waals surface area contributed by atoms with Crippen LogP contribution < -0.4 is 4.90 Å². The minimum Gasteiger partial charge on any atom is -0.359 e. The minimum absolute atomic E-state index is 0.193. The van der Waals surface area contributed by atoms with Crippen LogP contribution in [0.4, 0.5) is 15.9 Å². The number of alkyl halides is 1. The van der Waals surface area contributed by atoms with E-state index in [-0.39, 0.29) is 18.9 Å². The van der Waals surface area contributed by atoms with Gasteiger partial charge < -0.3 is 15.0 Å². The lowest BCUT2D eigenvalue weighted by molar-refractivity contribution is -0.388. The highest BCUT2D eigenvalue weighted by Crippen LogP contribution is 2.32. The Kier molecular flexibility index (Phi) is 2.56. The molecule has 80 valence electrons. The van der Waals surface area contributed by atoms with Crippen LogP contribution in [0.1, 0.15) is 0 Å². The van der Waals surface area contributed by atoms with Crippen LogP contribution in [0.3, 0.4) is 0 Å². The molecule has 0 spiro atoms. The summed E-state index contributed by atoms with van der Waals surface area (Å²) in [5, 5.41) is 10.7. The Morgan fingerprint density at radius 2 is 2.33 bits per heavy atom. The molecule has 1 aromatic heterocycles. The number of pyridine rings is 1. The fraction of sp³-hybridized carbons (Fsp3) is 0.375. The van der Waals surface area contributed by atoms with Crippen LogP contribution in [0.25, 0.3) is 0 Å². The number of hydrogen-bond donors (Lipinski definition) is 0. The first kappa shape index (κ1) is 10.3. The number of halogens is 2. The average molecular weight is 276 g/mol. The van der Waals surface area contributed by atoms with Crippen LogP contribution in [-0.2, 0) is 0 Å². The molecular weight excluding hydrogens is 269 g/mol. The number of nitro groups is 1. The van der Waals surface area contributed by atoms with Gasteiger partial charge in [0.2, 0.25) is 0 Å². The van der Waals surface area contributed by atoms with Crippen molar-refractivity contribution < 1.29 is 9.31 Å². The summed E-state index contributed by atoms with van der Waals surface area (Å²) in [4.78, 5) is 15.4. The van der Waals surface area contributed by atoms with Gasteiger partial charge in [-0.2, -0.15) is 0 Å². The van der Waals surface area contributed by atoms with Gasteiger partial charge in [0, 0.05) is 0 Å². The highest BCUT2D eigenvalue weighted by Gasteiger charge is 2.32. The van der Waals surface area contributed by atoms with Crippen LogP contribution >= 0.6 is 15.9 Å². The lowest BCUT2D eigenvalue weighted by Gasteiger charge is -2.35. The first-order chi connectivity index (χ1) is 7.08. The Labute approximate surface area is 93.2 Å². The Hall–Kier alpha value is -1.24. The van der Waals surface area contributed by atoms with Gasteiger partial charge in [-0.1, -0.05) is 0 Å². The zero-order valence-corrected chi connectivity index (χ0v) is 9.15. The topological polar surface area (TPSA) is 59.3 Å². The summed E-state index contributed by atoms with van der Waals surface area (Å²) in [6.45, 7) is 0.387. The third-order valence-corrected chi connectivity index (χ3v) is 2.60. The van der Waals surface area contributed by atoms with E-state index in [4.69, 9.17) is 0 Å². The van der Waals surface area contributed by atoms with E-state index in [2.05, 4.69) is 20.9 Å². The molecule has 15 heavy (non-hydrogen) atoms. The zero-order valence-electron chi connectivity index (χ0n) is 7.56. The normalized spacial score (nSPS) is 16.3. The van der Waals surface area contributed by atoms with Crippen molar-refractivity contribution in [1.29, 1.82) is 0 Å². The van der Waals surface area contributed by atoms with E-state index < -0.39 is 11.1 Å². The second kappa shape index (κ2) is 3.73. The second-order valence-corrected chi connectivity index (χ2v) is 4.17. The number of aromatic nitrogens is 1. The van der Waals surface area contributed by atoms with Crippen LogP contribution in [-0.4, -0.2) is 29.2 Å². The van der Waals surface area contributed by atoms with Gasteiger partial charge in [-0.15, -0.1) is 0 Å². The molecule has 0 amide bonds. The van der Waals surface area contributed by atoms with E-state index in [1.165, 1.54) is 6.20 Å². The van der Waals surface area contributed by atoms with Crippen LogP contribution in [0, 0.1) is 10.1 Å². The molecule has 0 saturated carbocycles. The molecule has 0 aliphatic carbocycles. The number of nitrogens with zero attached hydrogens (tertiary/aromatic N) is 3. The largest absolute Gasteiger partial charge is 0.387 e. The summed E-state index contributed by atoms with van der Waals surface area (Å²) in [6, 6.07) is 1.58. The van der Waals surface area contributed by atoms with E-state index in [1.54, 1.807) is 11.0 Å². The Balaban J connectivity index is 2.35. The molecule has 0 bridgehead atoms. The third kappa shape index (κ3) is 1.92. The summed E-state index contributed by atoms with van der Waals surface area (Å²) in [6.07, 6.45) is 0.456. The van der Waals surface area contributed by atoms with Gasteiger partial charge in [0.05, 0.1) is 17.6 Å². The third-order valence-electron chi connectivity index (χ3n) is 2.16. The number of anilines is 1. The average Bonchev–Trinajstić information content (AvgIpc) is 2.12. The molecule has 2 heterocycles. The molecular formula is C8H7BrFN3O2. The quantitative estimate of drug-likeness (QED) is 0.611. The predicted molar refractivity (Wildman–Crippen MR) is 55.7 cm³/mol. The molecule has 1 aliphatic heterocycles. The van der Waals surface area contributed by atoms with Crippen LogP contribution in [0.15, 0.2) is 16.7 Å². The fourth-order valence-corrected chi connectivity index (χ4v) is 1.74. The van der Waals surface area contributed by atoms with Gasteiger partial charge in [0.15, 0.2) is 6.20 Å². The van der Waals surface area contributed by atoms with Crippen LogP contribution in [0.5, 0.6) is 0 Å². The van der Waals surface area contributed by atoms with Gasteiger partial charge >= 0.3 is 5.82 Å². The Morgan fingerprint density at radius 3 is 2.87 bits per heavy atom. The van der Waals surface area contributed by atoms with Gasteiger partial charge in [-0.05, 0) is 31.9 Å². The smallest absolute Gasteiger partial charge is 0.359 e. The molecule has 1 aliphatic rings. The number of rotatable bonds is 2. The first-order valence-corrected chi connectivity index (χ1v) is 5.06. The summed E-state index contributed by atoms with van der Waals surface area (Å²) < 4.78 is 13.3. The molecule has 7 heteroatoms. The van der Waals surface area contributed by atoms with Crippen molar-refractivity contribution in [3.05, 3.63) is 26.9 Å². The molecule has 2 rings (SSSR count). The van der Waals surface area contributed by atoms with E-state index >= 15 is 0 Å². The van der Waals surface area contributed by atoms with Gasteiger partial charge in [-0.3, -0.25) is 0 Å². The molecule has 5 nitrogen and oxygen atoms in total. The van der Waals surface area contributed by atoms with Crippen LogP contribution in [0.2, 0.25) is 0 Å². The molecule has 0 atom stereocenters. The molecule has 0 radical (unpaired) electrons. The summed E-state index contributed by atoms with van der Waals surface area (Å²) in [5.74, 6) is -0.231.